The second kappa shape index (κ2) is 6.93. The smallest absolute Gasteiger partial charge is 0.318 e. The van der Waals surface area contributed by atoms with Crippen molar-refractivity contribution in [2.45, 2.75) is 32.4 Å². The molecule has 1 aliphatic rings. The number of nitrogens with zero attached hydrogens (tertiary/aromatic N) is 4. The first kappa shape index (κ1) is 15.1. The Balaban J connectivity index is 1.67. The van der Waals surface area contributed by atoms with Crippen molar-refractivity contribution in [3.63, 3.8) is 0 Å². The van der Waals surface area contributed by atoms with Gasteiger partial charge in [-0.3, -0.25) is 4.90 Å². The van der Waals surface area contributed by atoms with Gasteiger partial charge in [0, 0.05) is 50.8 Å². The molecule has 2 aromatic rings. The molecule has 1 N–H and O–H groups in total. The molecule has 1 aliphatic heterocycles. The van der Waals surface area contributed by atoms with E-state index in [1.54, 1.807) is 12.5 Å². The number of hydrogen-bond acceptors (Lipinski definition) is 7. The standard InChI is InChI=1S/C15H22N4O3/c1-2-14-16-17-15(22-14)19-6-5-18(13(10-19)3-7-20)9-12-4-8-21-11-12/h4,8,11,13,20H,2-3,5-7,9-10H2,1H3/t13-/m0/s1. The van der Waals surface area contributed by atoms with Crippen LogP contribution in [0.3, 0.4) is 0 Å². The van der Waals surface area contributed by atoms with Crippen LogP contribution in [0.5, 0.6) is 0 Å². The minimum absolute atomic E-state index is 0.171. The van der Waals surface area contributed by atoms with Crippen LogP contribution in [-0.2, 0) is 13.0 Å². The molecule has 1 atom stereocenters. The zero-order valence-corrected chi connectivity index (χ0v) is 12.8. The maximum atomic E-state index is 9.35. The lowest BCUT2D eigenvalue weighted by atomic mass is 10.1. The van der Waals surface area contributed by atoms with Gasteiger partial charge < -0.3 is 18.8 Å². The van der Waals surface area contributed by atoms with E-state index >= 15 is 0 Å². The summed E-state index contributed by atoms with van der Waals surface area (Å²) in [5.74, 6) is 0.662. The predicted molar refractivity (Wildman–Crippen MR) is 80.5 cm³/mol. The van der Waals surface area contributed by atoms with Gasteiger partial charge in [-0.15, -0.1) is 5.10 Å². The Morgan fingerprint density at radius 2 is 2.27 bits per heavy atom. The monoisotopic (exact) mass is 306 g/mol. The van der Waals surface area contributed by atoms with E-state index in [-0.39, 0.29) is 12.6 Å². The van der Waals surface area contributed by atoms with Crippen LogP contribution in [0.25, 0.3) is 0 Å². The quantitative estimate of drug-likeness (QED) is 0.861. The molecule has 0 unspecified atom stereocenters. The number of aryl methyl sites for hydroxylation is 1. The van der Waals surface area contributed by atoms with E-state index in [1.165, 1.54) is 0 Å². The van der Waals surface area contributed by atoms with Gasteiger partial charge in [0.2, 0.25) is 5.89 Å². The van der Waals surface area contributed by atoms with E-state index in [1.807, 2.05) is 13.0 Å². The summed E-state index contributed by atoms with van der Waals surface area (Å²) < 4.78 is 10.8. The Labute approximate surface area is 129 Å². The average Bonchev–Trinajstić information content (AvgIpc) is 3.20. The molecule has 2 aromatic heterocycles. The van der Waals surface area contributed by atoms with E-state index in [9.17, 15) is 5.11 Å². The van der Waals surface area contributed by atoms with Crippen molar-refractivity contribution in [3.8, 4) is 0 Å². The summed E-state index contributed by atoms with van der Waals surface area (Å²) in [7, 11) is 0. The summed E-state index contributed by atoms with van der Waals surface area (Å²) in [6.07, 6.45) is 4.93. The van der Waals surface area contributed by atoms with Crippen LogP contribution < -0.4 is 4.90 Å². The van der Waals surface area contributed by atoms with Crippen molar-refractivity contribution in [2.24, 2.45) is 0 Å². The fourth-order valence-corrected chi connectivity index (χ4v) is 2.83. The highest BCUT2D eigenvalue weighted by Crippen LogP contribution is 2.21. The highest BCUT2D eigenvalue weighted by atomic mass is 16.4. The molecule has 3 heterocycles. The van der Waals surface area contributed by atoms with E-state index in [0.29, 0.717) is 11.9 Å². The molecule has 1 fully saturated rings. The van der Waals surface area contributed by atoms with Gasteiger partial charge in [0.25, 0.3) is 0 Å². The van der Waals surface area contributed by atoms with Crippen LogP contribution in [0.4, 0.5) is 6.01 Å². The maximum Gasteiger partial charge on any atom is 0.318 e. The zero-order valence-electron chi connectivity index (χ0n) is 12.8. The molecular formula is C15H22N4O3. The molecule has 1 saturated heterocycles. The van der Waals surface area contributed by atoms with E-state index in [0.717, 1.165) is 44.6 Å². The lowest BCUT2D eigenvalue weighted by Crippen LogP contribution is -2.53. The number of aromatic nitrogens is 2. The third-order valence-electron chi connectivity index (χ3n) is 4.06. The number of anilines is 1. The SMILES string of the molecule is CCc1nnc(N2CCN(Cc3ccoc3)[C@@H](CCO)C2)o1. The largest absolute Gasteiger partial charge is 0.472 e. The van der Waals surface area contributed by atoms with Crippen LogP contribution in [0, 0.1) is 0 Å². The first-order valence-corrected chi connectivity index (χ1v) is 7.73. The van der Waals surface area contributed by atoms with Gasteiger partial charge in [-0.05, 0) is 12.5 Å². The minimum Gasteiger partial charge on any atom is -0.472 e. The summed E-state index contributed by atoms with van der Waals surface area (Å²) >= 11 is 0. The molecule has 0 amide bonds. The van der Waals surface area contributed by atoms with Crippen LogP contribution in [0.1, 0.15) is 24.8 Å². The average molecular weight is 306 g/mol. The van der Waals surface area contributed by atoms with Crippen molar-refractivity contribution in [1.82, 2.24) is 15.1 Å². The molecule has 22 heavy (non-hydrogen) atoms. The van der Waals surface area contributed by atoms with Crippen molar-refractivity contribution in [3.05, 3.63) is 30.0 Å². The normalized spacial score (nSPS) is 19.7. The Morgan fingerprint density at radius 1 is 1.36 bits per heavy atom. The molecule has 120 valence electrons. The van der Waals surface area contributed by atoms with Crippen LogP contribution in [-0.4, -0.2) is 52.5 Å². The first-order valence-electron chi connectivity index (χ1n) is 7.73. The van der Waals surface area contributed by atoms with E-state index in [2.05, 4.69) is 20.0 Å². The predicted octanol–water partition coefficient (Wildman–Crippen LogP) is 1.30. The van der Waals surface area contributed by atoms with Gasteiger partial charge >= 0.3 is 6.01 Å². The van der Waals surface area contributed by atoms with E-state index < -0.39 is 0 Å². The van der Waals surface area contributed by atoms with Crippen LogP contribution in [0.2, 0.25) is 0 Å². The third-order valence-corrected chi connectivity index (χ3v) is 4.06. The number of rotatable bonds is 6. The lowest BCUT2D eigenvalue weighted by molar-refractivity contribution is 0.133. The summed E-state index contributed by atoms with van der Waals surface area (Å²) in [6, 6.07) is 2.82. The topological polar surface area (TPSA) is 78.8 Å². The molecule has 7 heteroatoms. The third kappa shape index (κ3) is 3.31. The zero-order chi connectivity index (χ0) is 15.4. The van der Waals surface area contributed by atoms with E-state index in [4.69, 9.17) is 8.83 Å². The minimum atomic E-state index is 0.171. The van der Waals surface area contributed by atoms with Crippen molar-refractivity contribution >= 4 is 6.01 Å². The number of aliphatic hydroxyl groups excluding tert-OH is 1. The molecule has 0 bridgehead atoms. The molecule has 0 aromatic carbocycles. The number of aliphatic hydroxyl groups is 1. The summed E-state index contributed by atoms with van der Waals surface area (Å²) in [6.45, 7) is 5.51. The Hall–Kier alpha value is -1.86. The molecule has 7 nitrogen and oxygen atoms in total. The molecule has 0 radical (unpaired) electrons. The highest BCUT2D eigenvalue weighted by molar-refractivity contribution is 5.26. The van der Waals surface area contributed by atoms with Gasteiger partial charge in [0.05, 0.1) is 12.5 Å². The molecular weight excluding hydrogens is 284 g/mol. The summed E-state index contributed by atoms with van der Waals surface area (Å²) in [5.41, 5.74) is 1.16. The second-order valence-electron chi connectivity index (χ2n) is 5.55. The van der Waals surface area contributed by atoms with Crippen molar-refractivity contribution in [2.75, 3.05) is 31.1 Å². The van der Waals surface area contributed by atoms with Gasteiger partial charge in [-0.1, -0.05) is 12.0 Å². The lowest BCUT2D eigenvalue weighted by Gasteiger charge is -2.40. The molecule has 0 saturated carbocycles. The Morgan fingerprint density at radius 3 is 2.95 bits per heavy atom. The molecule has 0 spiro atoms. The van der Waals surface area contributed by atoms with Gasteiger partial charge in [0.1, 0.15) is 0 Å². The second-order valence-corrected chi connectivity index (χ2v) is 5.55. The highest BCUT2D eigenvalue weighted by Gasteiger charge is 2.29. The van der Waals surface area contributed by atoms with Gasteiger partial charge in [-0.25, -0.2) is 0 Å². The number of piperazine rings is 1. The fourth-order valence-electron chi connectivity index (χ4n) is 2.83. The molecule has 0 aliphatic carbocycles. The van der Waals surface area contributed by atoms with Gasteiger partial charge in [-0.2, -0.15) is 0 Å². The number of hydrogen-bond donors (Lipinski definition) is 1. The van der Waals surface area contributed by atoms with Gasteiger partial charge in [0.15, 0.2) is 0 Å². The maximum absolute atomic E-state index is 9.35. The fraction of sp³-hybridized carbons (Fsp3) is 0.600. The number of furan rings is 1. The van der Waals surface area contributed by atoms with Crippen molar-refractivity contribution < 1.29 is 13.9 Å². The summed E-state index contributed by atoms with van der Waals surface area (Å²) in [4.78, 5) is 4.48. The van der Waals surface area contributed by atoms with Crippen molar-refractivity contribution in [1.29, 1.82) is 0 Å². The Bertz CT molecular complexity index is 569. The van der Waals surface area contributed by atoms with Crippen LogP contribution in [0.15, 0.2) is 27.4 Å². The summed E-state index contributed by atoms with van der Waals surface area (Å²) in [5, 5.41) is 17.5. The molecule has 3 rings (SSSR count). The first-order chi connectivity index (χ1) is 10.8. The Kier molecular flexibility index (Phi) is 4.74. The van der Waals surface area contributed by atoms with Crippen LogP contribution >= 0.6 is 0 Å².